The van der Waals surface area contributed by atoms with Crippen molar-refractivity contribution in [2.24, 2.45) is 0 Å². The van der Waals surface area contributed by atoms with Crippen molar-refractivity contribution in [3.8, 4) is 0 Å². The van der Waals surface area contributed by atoms with Crippen molar-refractivity contribution in [2.75, 3.05) is 20.1 Å². The number of nitrogens with zero attached hydrogens (tertiary/aromatic N) is 5. The van der Waals surface area contributed by atoms with Crippen LogP contribution in [0.4, 0.5) is 0 Å². The molecule has 0 aliphatic carbocycles. The second-order valence-corrected chi connectivity index (χ2v) is 4.04. The van der Waals surface area contributed by atoms with Crippen LogP contribution in [-0.4, -0.2) is 57.2 Å². The van der Waals surface area contributed by atoms with Gasteiger partial charge in [-0.3, -0.25) is 4.79 Å². The summed E-state index contributed by atoms with van der Waals surface area (Å²) in [5.74, 6) is 0.101. The van der Waals surface area contributed by atoms with Crippen molar-refractivity contribution in [1.29, 1.82) is 0 Å². The Morgan fingerprint density at radius 1 is 1.62 bits per heavy atom. The molecule has 1 aromatic rings. The third-order valence-electron chi connectivity index (χ3n) is 2.76. The number of nitrogens with one attached hydrogen (secondary N) is 1. The highest BCUT2D eigenvalue weighted by molar-refractivity contribution is 5.90. The zero-order valence-electron chi connectivity index (χ0n) is 9.55. The van der Waals surface area contributed by atoms with Crippen LogP contribution in [-0.2, 0) is 6.54 Å². The Hall–Kier alpha value is -1.50. The predicted molar refractivity (Wildman–Crippen MR) is 56.9 cm³/mol. The van der Waals surface area contributed by atoms with Gasteiger partial charge < -0.3 is 10.2 Å². The van der Waals surface area contributed by atoms with E-state index < -0.39 is 0 Å². The molecule has 0 aromatic carbocycles. The lowest BCUT2D eigenvalue weighted by atomic mass is 10.2. The Bertz CT molecular complexity index is 376. The fraction of sp³-hybridized carbons (Fsp3) is 0.778. The predicted octanol–water partition coefficient (Wildman–Crippen LogP) is -0.873. The summed E-state index contributed by atoms with van der Waals surface area (Å²) >= 11 is 0. The maximum atomic E-state index is 11.9. The van der Waals surface area contributed by atoms with E-state index in [9.17, 15) is 4.79 Å². The van der Waals surface area contributed by atoms with E-state index in [1.165, 1.54) is 4.68 Å². The van der Waals surface area contributed by atoms with Crippen molar-refractivity contribution in [3.63, 3.8) is 0 Å². The topological polar surface area (TPSA) is 75.9 Å². The lowest BCUT2D eigenvalue weighted by molar-refractivity contribution is 0.0922. The molecule has 1 fully saturated rings. The molecule has 1 atom stereocenters. The number of amides is 1. The number of carbonyl (C=O) groups excluding carboxylic acids is 1. The molecule has 7 heteroatoms. The van der Waals surface area contributed by atoms with Gasteiger partial charge >= 0.3 is 0 Å². The molecule has 1 aliphatic heterocycles. The van der Waals surface area contributed by atoms with Crippen LogP contribution in [0.15, 0.2) is 0 Å². The molecule has 0 saturated carbocycles. The molecule has 1 saturated heterocycles. The van der Waals surface area contributed by atoms with Crippen LogP contribution >= 0.6 is 0 Å². The highest BCUT2D eigenvalue weighted by atomic mass is 16.2. The first kappa shape index (κ1) is 11.0. The number of tetrazole rings is 1. The summed E-state index contributed by atoms with van der Waals surface area (Å²) in [6, 6.07) is 0.208. The van der Waals surface area contributed by atoms with Crippen LogP contribution in [0.5, 0.6) is 0 Å². The maximum absolute atomic E-state index is 11.9. The van der Waals surface area contributed by atoms with Gasteiger partial charge in [-0.15, -0.1) is 5.10 Å². The summed E-state index contributed by atoms with van der Waals surface area (Å²) in [7, 11) is 2.04. The SMILES string of the molecule is CCn1nnnc1C(=O)NC1CCN(C)C1. The highest BCUT2D eigenvalue weighted by Gasteiger charge is 2.23. The van der Waals surface area contributed by atoms with E-state index >= 15 is 0 Å². The Labute approximate surface area is 93.8 Å². The number of likely N-dealkylation sites (N-methyl/N-ethyl adjacent to an activating group) is 1. The average molecular weight is 224 g/mol. The largest absolute Gasteiger partial charge is 0.345 e. The summed E-state index contributed by atoms with van der Waals surface area (Å²) in [5.41, 5.74) is 0. The molecule has 0 bridgehead atoms. The normalized spacial score (nSPS) is 21.2. The van der Waals surface area contributed by atoms with Gasteiger partial charge in [-0.05, 0) is 37.4 Å². The van der Waals surface area contributed by atoms with Crippen LogP contribution in [0.1, 0.15) is 24.0 Å². The second kappa shape index (κ2) is 4.56. The van der Waals surface area contributed by atoms with E-state index in [1.807, 2.05) is 14.0 Å². The number of rotatable bonds is 3. The molecule has 0 spiro atoms. The summed E-state index contributed by atoms with van der Waals surface area (Å²) < 4.78 is 1.49. The van der Waals surface area contributed by atoms with Crippen molar-refractivity contribution in [2.45, 2.75) is 25.9 Å². The number of hydrogen-bond donors (Lipinski definition) is 1. The summed E-state index contributed by atoms with van der Waals surface area (Å²) in [4.78, 5) is 14.0. The number of carbonyl (C=O) groups is 1. The average Bonchev–Trinajstić information content (AvgIpc) is 2.86. The third-order valence-corrected chi connectivity index (χ3v) is 2.76. The second-order valence-electron chi connectivity index (χ2n) is 4.04. The first-order valence-electron chi connectivity index (χ1n) is 5.46. The van der Waals surface area contributed by atoms with Crippen molar-refractivity contribution in [1.82, 2.24) is 30.4 Å². The van der Waals surface area contributed by atoms with E-state index in [4.69, 9.17) is 0 Å². The zero-order chi connectivity index (χ0) is 11.5. The third kappa shape index (κ3) is 2.19. The first-order valence-corrected chi connectivity index (χ1v) is 5.46. The quantitative estimate of drug-likeness (QED) is 0.722. The van der Waals surface area contributed by atoms with Crippen molar-refractivity contribution in [3.05, 3.63) is 5.82 Å². The van der Waals surface area contributed by atoms with Gasteiger partial charge in [-0.1, -0.05) is 0 Å². The Morgan fingerprint density at radius 2 is 2.44 bits per heavy atom. The lowest BCUT2D eigenvalue weighted by Gasteiger charge is -2.11. The zero-order valence-corrected chi connectivity index (χ0v) is 9.55. The minimum absolute atomic E-state index is 0.188. The molecule has 1 amide bonds. The molecule has 1 aromatic heterocycles. The molecule has 16 heavy (non-hydrogen) atoms. The Morgan fingerprint density at radius 3 is 3.06 bits per heavy atom. The molecular formula is C9H16N6O. The Kier molecular flexibility index (Phi) is 3.14. The molecular weight excluding hydrogens is 208 g/mol. The number of likely N-dealkylation sites (tertiary alicyclic amines) is 1. The molecule has 1 unspecified atom stereocenters. The summed E-state index contributed by atoms with van der Waals surface area (Å²) in [6.45, 7) is 4.40. The standard InChI is InChI=1S/C9H16N6O/c1-3-15-8(11-12-13-15)9(16)10-7-4-5-14(2)6-7/h7H,3-6H2,1-2H3,(H,10,16). The minimum atomic E-state index is -0.188. The van der Waals surface area contributed by atoms with E-state index in [2.05, 4.69) is 25.7 Å². The van der Waals surface area contributed by atoms with E-state index in [1.54, 1.807) is 0 Å². The Balaban J connectivity index is 1.98. The van der Waals surface area contributed by atoms with Gasteiger partial charge in [0.1, 0.15) is 0 Å². The first-order chi connectivity index (χ1) is 7.70. The maximum Gasteiger partial charge on any atom is 0.291 e. The van der Waals surface area contributed by atoms with Crippen LogP contribution in [0.3, 0.4) is 0 Å². The molecule has 0 radical (unpaired) electrons. The molecule has 88 valence electrons. The van der Waals surface area contributed by atoms with E-state index in [-0.39, 0.29) is 17.8 Å². The van der Waals surface area contributed by atoms with Gasteiger partial charge in [-0.2, -0.15) is 0 Å². The summed E-state index contributed by atoms with van der Waals surface area (Å²) in [6.07, 6.45) is 0.982. The van der Waals surface area contributed by atoms with Gasteiger partial charge in [0, 0.05) is 19.1 Å². The van der Waals surface area contributed by atoms with Crippen molar-refractivity contribution >= 4 is 5.91 Å². The monoisotopic (exact) mass is 224 g/mol. The number of hydrogen-bond acceptors (Lipinski definition) is 5. The fourth-order valence-corrected chi connectivity index (χ4v) is 1.88. The molecule has 2 rings (SSSR count). The summed E-state index contributed by atoms with van der Waals surface area (Å²) in [5, 5.41) is 13.9. The van der Waals surface area contributed by atoms with Crippen molar-refractivity contribution < 1.29 is 4.79 Å². The number of aromatic nitrogens is 4. The van der Waals surface area contributed by atoms with Gasteiger partial charge in [0.05, 0.1) is 0 Å². The lowest BCUT2D eigenvalue weighted by Crippen LogP contribution is -2.37. The van der Waals surface area contributed by atoms with Crippen LogP contribution in [0, 0.1) is 0 Å². The van der Waals surface area contributed by atoms with Crippen LogP contribution in [0.2, 0.25) is 0 Å². The van der Waals surface area contributed by atoms with E-state index in [0.29, 0.717) is 6.54 Å². The number of aryl methyl sites for hydroxylation is 1. The molecule has 7 nitrogen and oxygen atoms in total. The minimum Gasteiger partial charge on any atom is -0.345 e. The molecule has 1 N–H and O–H groups in total. The van der Waals surface area contributed by atoms with E-state index in [0.717, 1.165) is 19.5 Å². The molecule has 1 aliphatic rings. The molecule has 2 heterocycles. The van der Waals surface area contributed by atoms with Gasteiger partial charge in [0.15, 0.2) is 0 Å². The van der Waals surface area contributed by atoms with Gasteiger partial charge in [0.2, 0.25) is 5.82 Å². The highest BCUT2D eigenvalue weighted by Crippen LogP contribution is 2.06. The van der Waals surface area contributed by atoms with Crippen LogP contribution in [0.25, 0.3) is 0 Å². The fourth-order valence-electron chi connectivity index (χ4n) is 1.88. The smallest absolute Gasteiger partial charge is 0.291 e. The van der Waals surface area contributed by atoms with Crippen LogP contribution < -0.4 is 5.32 Å². The van der Waals surface area contributed by atoms with Gasteiger partial charge in [-0.25, -0.2) is 4.68 Å². The van der Waals surface area contributed by atoms with Gasteiger partial charge in [0.25, 0.3) is 5.91 Å².